The Bertz CT molecular complexity index is 526. The highest BCUT2D eigenvalue weighted by Crippen LogP contribution is 2.22. The monoisotopic (exact) mass is 309 g/mol. The van der Waals surface area contributed by atoms with Crippen molar-refractivity contribution in [3.05, 3.63) is 29.8 Å². The number of halogens is 2. The fourth-order valence-electron chi connectivity index (χ4n) is 1.35. The van der Waals surface area contributed by atoms with Crippen LogP contribution in [0.3, 0.4) is 0 Å². The lowest BCUT2D eigenvalue weighted by atomic mass is 10.2. The summed E-state index contributed by atoms with van der Waals surface area (Å²) in [4.78, 5) is 9.82. The summed E-state index contributed by atoms with van der Waals surface area (Å²) in [5.74, 6) is -0.512. The molecule has 0 aliphatic heterocycles. The van der Waals surface area contributed by atoms with Crippen LogP contribution in [0.2, 0.25) is 0 Å². The van der Waals surface area contributed by atoms with Gasteiger partial charge in [-0.05, 0) is 19.1 Å². The quantitative estimate of drug-likeness (QED) is 0.866. The van der Waals surface area contributed by atoms with Crippen LogP contribution >= 0.6 is 23.2 Å². The van der Waals surface area contributed by atoms with Gasteiger partial charge >= 0.3 is 0 Å². The molecule has 0 spiro atoms. The van der Waals surface area contributed by atoms with Crippen LogP contribution in [-0.2, 0) is 14.6 Å². The molecule has 0 bridgehead atoms. The SMILES string of the molecule is CC(=O)NC(C(Cl)Cl)S(=O)(=O)c1ccc(C)cc1. The van der Waals surface area contributed by atoms with Crippen LogP contribution < -0.4 is 5.32 Å². The number of sulfone groups is 1. The minimum absolute atomic E-state index is 0.0677. The van der Waals surface area contributed by atoms with Crippen LogP contribution in [-0.4, -0.2) is 24.5 Å². The summed E-state index contributed by atoms with van der Waals surface area (Å²) in [5, 5.41) is 0.882. The van der Waals surface area contributed by atoms with Crippen molar-refractivity contribution in [3.63, 3.8) is 0 Å². The molecule has 0 aromatic heterocycles. The zero-order valence-corrected chi connectivity index (χ0v) is 12.2. The molecule has 18 heavy (non-hydrogen) atoms. The summed E-state index contributed by atoms with van der Waals surface area (Å²) in [6.07, 6.45) is 0. The number of nitrogens with one attached hydrogen (secondary N) is 1. The number of rotatable bonds is 4. The summed E-state index contributed by atoms with van der Waals surface area (Å²) in [6.45, 7) is 3.04. The van der Waals surface area contributed by atoms with Gasteiger partial charge < -0.3 is 5.32 Å². The smallest absolute Gasteiger partial charge is 0.217 e. The van der Waals surface area contributed by atoms with Gasteiger partial charge in [0.2, 0.25) is 15.7 Å². The number of amides is 1. The highest BCUT2D eigenvalue weighted by molar-refractivity contribution is 7.92. The summed E-state index contributed by atoms with van der Waals surface area (Å²) in [7, 11) is -3.81. The zero-order chi connectivity index (χ0) is 13.9. The molecular formula is C11H13Cl2NO3S. The van der Waals surface area contributed by atoms with Crippen molar-refractivity contribution >= 4 is 38.9 Å². The molecule has 0 radical (unpaired) electrons. The van der Waals surface area contributed by atoms with E-state index in [-0.39, 0.29) is 4.90 Å². The van der Waals surface area contributed by atoms with Gasteiger partial charge in [0, 0.05) is 6.92 Å². The van der Waals surface area contributed by atoms with Crippen LogP contribution in [0.15, 0.2) is 29.2 Å². The third-order valence-electron chi connectivity index (χ3n) is 2.26. The van der Waals surface area contributed by atoms with Gasteiger partial charge in [0.25, 0.3) is 0 Å². The van der Waals surface area contributed by atoms with E-state index in [1.807, 2.05) is 6.92 Å². The first kappa shape index (κ1) is 15.3. The molecule has 0 heterocycles. The van der Waals surface area contributed by atoms with Crippen molar-refractivity contribution in [1.82, 2.24) is 5.32 Å². The predicted octanol–water partition coefficient (Wildman–Crippen LogP) is 2.03. The molecular weight excluding hydrogens is 297 g/mol. The van der Waals surface area contributed by atoms with Gasteiger partial charge in [-0.15, -0.1) is 23.2 Å². The van der Waals surface area contributed by atoms with Crippen molar-refractivity contribution in [1.29, 1.82) is 0 Å². The Morgan fingerprint density at radius 2 is 1.72 bits per heavy atom. The van der Waals surface area contributed by atoms with E-state index in [9.17, 15) is 13.2 Å². The van der Waals surface area contributed by atoms with Crippen LogP contribution in [0, 0.1) is 6.92 Å². The maximum Gasteiger partial charge on any atom is 0.217 e. The van der Waals surface area contributed by atoms with Gasteiger partial charge in [-0.1, -0.05) is 17.7 Å². The topological polar surface area (TPSA) is 63.2 Å². The number of aryl methyl sites for hydroxylation is 1. The maximum absolute atomic E-state index is 12.2. The molecule has 1 aromatic rings. The third kappa shape index (κ3) is 3.60. The second-order valence-corrected chi connectivity index (χ2v) is 7.05. The molecule has 0 fully saturated rings. The average molecular weight is 310 g/mol. The van der Waals surface area contributed by atoms with E-state index in [2.05, 4.69) is 5.32 Å². The summed E-state index contributed by atoms with van der Waals surface area (Å²) in [6, 6.07) is 6.23. The molecule has 0 aliphatic rings. The molecule has 100 valence electrons. The standard InChI is InChI=1S/C11H13Cl2NO3S/c1-7-3-5-9(6-4-7)18(16,17)11(10(12)13)14-8(2)15/h3-6,10-11H,1-2H3,(H,14,15). The van der Waals surface area contributed by atoms with Crippen LogP contribution in [0.5, 0.6) is 0 Å². The lowest BCUT2D eigenvalue weighted by Gasteiger charge is -2.19. The van der Waals surface area contributed by atoms with E-state index in [0.717, 1.165) is 5.56 Å². The van der Waals surface area contributed by atoms with Gasteiger partial charge in [-0.25, -0.2) is 8.42 Å². The largest absolute Gasteiger partial charge is 0.337 e. The molecule has 1 N–H and O–H groups in total. The summed E-state index contributed by atoms with van der Waals surface area (Å²) < 4.78 is 24.5. The highest BCUT2D eigenvalue weighted by Gasteiger charge is 2.33. The van der Waals surface area contributed by atoms with E-state index in [1.165, 1.54) is 19.1 Å². The Balaban J connectivity index is 3.16. The molecule has 1 rings (SSSR count). The van der Waals surface area contributed by atoms with Crippen molar-refractivity contribution in [2.24, 2.45) is 0 Å². The van der Waals surface area contributed by atoms with Crippen LogP contribution in [0.25, 0.3) is 0 Å². The maximum atomic E-state index is 12.2. The van der Waals surface area contributed by atoms with E-state index in [1.54, 1.807) is 12.1 Å². The zero-order valence-electron chi connectivity index (χ0n) is 9.85. The number of carbonyl (C=O) groups is 1. The number of alkyl halides is 2. The highest BCUT2D eigenvalue weighted by atomic mass is 35.5. The fraction of sp³-hybridized carbons (Fsp3) is 0.364. The van der Waals surface area contributed by atoms with Gasteiger partial charge in [0.1, 0.15) is 4.84 Å². The molecule has 1 aromatic carbocycles. The summed E-state index contributed by atoms with van der Waals surface area (Å²) in [5.41, 5.74) is 0.929. The van der Waals surface area contributed by atoms with Crippen molar-refractivity contribution in [2.45, 2.75) is 29.0 Å². The molecule has 4 nitrogen and oxygen atoms in total. The Morgan fingerprint density at radius 1 is 1.22 bits per heavy atom. The van der Waals surface area contributed by atoms with Gasteiger partial charge in [0.15, 0.2) is 5.37 Å². The normalized spacial score (nSPS) is 13.4. The van der Waals surface area contributed by atoms with Gasteiger partial charge in [-0.2, -0.15) is 0 Å². The first-order valence-electron chi connectivity index (χ1n) is 5.11. The van der Waals surface area contributed by atoms with Crippen molar-refractivity contribution < 1.29 is 13.2 Å². The molecule has 0 aliphatic carbocycles. The molecule has 0 saturated carbocycles. The Kier molecular flexibility index (Phi) is 5.01. The Hall–Kier alpha value is -0.780. The van der Waals surface area contributed by atoms with E-state index in [4.69, 9.17) is 23.2 Å². The number of benzene rings is 1. The minimum Gasteiger partial charge on any atom is -0.337 e. The predicted molar refractivity (Wildman–Crippen MR) is 71.5 cm³/mol. The average Bonchev–Trinajstić information content (AvgIpc) is 2.25. The second-order valence-electron chi connectivity index (χ2n) is 3.81. The van der Waals surface area contributed by atoms with Crippen LogP contribution in [0.1, 0.15) is 12.5 Å². The fourth-order valence-corrected chi connectivity index (χ4v) is 3.69. The second kappa shape index (κ2) is 5.91. The number of carbonyl (C=O) groups excluding carboxylic acids is 1. The van der Waals surface area contributed by atoms with Gasteiger partial charge in [-0.3, -0.25) is 4.79 Å². The third-order valence-corrected chi connectivity index (χ3v) is 5.05. The number of hydrogen-bond acceptors (Lipinski definition) is 3. The molecule has 1 amide bonds. The molecule has 1 atom stereocenters. The Morgan fingerprint density at radius 3 is 2.11 bits per heavy atom. The van der Waals surface area contributed by atoms with E-state index < -0.39 is 26.0 Å². The Labute approximate surface area is 116 Å². The summed E-state index contributed by atoms with van der Waals surface area (Å²) >= 11 is 11.3. The minimum atomic E-state index is -3.81. The van der Waals surface area contributed by atoms with E-state index in [0.29, 0.717) is 0 Å². The first-order chi connectivity index (χ1) is 8.25. The lowest BCUT2D eigenvalue weighted by molar-refractivity contribution is -0.119. The van der Waals surface area contributed by atoms with Gasteiger partial charge in [0.05, 0.1) is 4.90 Å². The molecule has 7 heteroatoms. The van der Waals surface area contributed by atoms with Crippen molar-refractivity contribution in [2.75, 3.05) is 0 Å². The lowest BCUT2D eigenvalue weighted by Crippen LogP contribution is -2.44. The molecule has 0 saturated heterocycles. The first-order valence-corrected chi connectivity index (χ1v) is 7.53. The van der Waals surface area contributed by atoms with E-state index >= 15 is 0 Å². The molecule has 1 unspecified atom stereocenters. The van der Waals surface area contributed by atoms with Crippen molar-refractivity contribution in [3.8, 4) is 0 Å². The number of hydrogen-bond donors (Lipinski definition) is 1. The van der Waals surface area contributed by atoms with Crippen LogP contribution in [0.4, 0.5) is 0 Å².